The molecule has 0 bridgehead atoms. The minimum absolute atomic E-state index is 0.302. The van der Waals surface area contributed by atoms with Crippen LogP contribution in [0.15, 0.2) is 24.3 Å². The van der Waals surface area contributed by atoms with Crippen LogP contribution in [-0.2, 0) is 4.79 Å². The Morgan fingerprint density at radius 3 is 2.38 bits per heavy atom. The Bertz CT molecular complexity index is 489. The number of unbranched alkanes of at least 4 members (excludes halogenated alkanes) is 2. The van der Waals surface area contributed by atoms with Gasteiger partial charge in [-0.05, 0) is 55.7 Å². The van der Waals surface area contributed by atoms with Gasteiger partial charge in [0.15, 0.2) is 0 Å². The van der Waals surface area contributed by atoms with Crippen LogP contribution in [0.3, 0.4) is 0 Å². The summed E-state index contributed by atoms with van der Waals surface area (Å²) in [5.74, 6) is 1.36. The number of ketones is 1. The molecule has 112 valence electrons. The normalized spacial score (nSPS) is 21.7. The Morgan fingerprint density at radius 1 is 1.14 bits per heavy atom. The van der Waals surface area contributed by atoms with Crippen LogP contribution in [0.2, 0.25) is 0 Å². The quantitative estimate of drug-likeness (QED) is 0.691. The van der Waals surface area contributed by atoms with Crippen LogP contribution < -0.4 is 0 Å². The zero-order valence-electron chi connectivity index (χ0n) is 13.0. The van der Waals surface area contributed by atoms with Gasteiger partial charge in [-0.25, -0.2) is 0 Å². The Labute approximate surface area is 128 Å². The fourth-order valence-electron chi connectivity index (χ4n) is 3.33. The van der Waals surface area contributed by atoms with Gasteiger partial charge in [-0.1, -0.05) is 31.9 Å². The highest BCUT2D eigenvalue weighted by atomic mass is 16.1. The van der Waals surface area contributed by atoms with E-state index in [4.69, 9.17) is 5.26 Å². The summed E-state index contributed by atoms with van der Waals surface area (Å²) in [4.78, 5) is 12.2. The van der Waals surface area contributed by atoms with Crippen LogP contribution in [0.1, 0.15) is 75.3 Å². The smallest absolute Gasteiger partial charge is 0.135 e. The van der Waals surface area contributed by atoms with E-state index in [1.54, 1.807) is 0 Å². The van der Waals surface area contributed by atoms with Crippen molar-refractivity contribution < 1.29 is 4.79 Å². The standard InChI is InChI=1S/C19H25NO/c1-2-3-4-5-19(21)18-12-10-17(11-13-18)16-8-6-15(14-20)7-9-16/h6-9,17-18H,2-5,10-13H2,1H3. The Hall–Kier alpha value is -1.62. The average molecular weight is 283 g/mol. The number of Topliss-reactive ketones (excluding diaryl/α,β-unsaturated/α-hetero) is 1. The zero-order chi connectivity index (χ0) is 15.1. The third-order valence-corrected chi connectivity index (χ3v) is 4.72. The molecule has 2 nitrogen and oxygen atoms in total. The third-order valence-electron chi connectivity index (χ3n) is 4.72. The summed E-state index contributed by atoms with van der Waals surface area (Å²) in [7, 11) is 0. The van der Waals surface area contributed by atoms with E-state index in [9.17, 15) is 4.79 Å². The van der Waals surface area contributed by atoms with Crippen molar-refractivity contribution in [2.75, 3.05) is 0 Å². The van der Waals surface area contributed by atoms with Gasteiger partial charge in [0.1, 0.15) is 5.78 Å². The summed E-state index contributed by atoms with van der Waals surface area (Å²) in [6.45, 7) is 2.17. The summed E-state index contributed by atoms with van der Waals surface area (Å²) in [6, 6.07) is 10.1. The Morgan fingerprint density at radius 2 is 1.81 bits per heavy atom. The van der Waals surface area contributed by atoms with Crippen LogP contribution in [0.25, 0.3) is 0 Å². The van der Waals surface area contributed by atoms with Crippen LogP contribution in [0.5, 0.6) is 0 Å². The highest BCUT2D eigenvalue weighted by Gasteiger charge is 2.26. The first-order chi connectivity index (χ1) is 10.2. The monoisotopic (exact) mass is 283 g/mol. The van der Waals surface area contributed by atoms with Crippen molar-refractivity contribution in [2.45, 2.75) is 64.2 Å². The molecule has 0 saturated heterocycles. The number of hydrogen-bond acceptors (Lipinski definition) is 2. The molecule has 1 aliphatic rings. The van der Waals surface area contributed by atoms with Crippen LogP contribution in [0.4, 0.5) is 0 Å². The van der Waals surface area contributed by atoms with E-state index in [1.807, 2.05) is 12.1 Å². The molecule has 1 aromatic carbocycles. The molecule has 1 fully saturated rings. The molecule has 1 aromatic rings. The number of nitriles is 1. The van der Waals surface area contributed by atoms with Crippen molar-refractivity contribution in [1.82, 2.24) is 0 Å². The maximum atomic E-state index is 12.2. The molecule has 1 saturated carbocycles. The van der Waals surface area contributed by atoms with Gasteiger partial charge < -0.3 is 0 Å². The van der Waals surface area contributed by atoms with E-state index < -0.39 is 0 Å². The molecule has 0 heterocycles. The Kier molecular flexibility index (Phi) is 5.99. The maximum absolute atomic E-state index is 12.2. The second-order valence-electron chi connectivity index (χ2n) is 6.21. The van der Waals surface area contributed by atoms with Gasteiger partial charge in [-0.3, -0.25) is 4.79 Å². The molecule has 0 spiro atoms. The number of carbonyl (C=O) groups is 1. The number of nitrogens with zero attached hydrogens (tertiary/aromatic N) is 1. The molecular formula is C19H25NO. The summed E-state index contributed by atoms with van der Waals surface area (Å²) in [5, 5.41) is 8.84. The number of rotatable bonds is 6. The molecule has 0 aliphatic heterocycles. The van der Waals surface area contributed by atoms with Crippen LogP contribution in [-0.4, -0.2) is 5.78 Å². The van der Waals surface area contributed by atoms with Gasteiger partial charge in [0.2, 0.25) is 0 Å². The predicted molar refractivity (Wildman–Crippen MR) is 85.0 cm³/mol. The molecule has 21 heavy (non-hydrogen) atoms. The highest BCUT2D eigenvalue weighted by Crippen LogP contribution is 2.36. The minimum Gasteiger partial charge on any atom is -0.299 e. The van der Waals surface area contributed by atoms with Crippen molar-refractivity contribution in [2.24, 2.45) is 5.92 Å². The van der Waals surface area contributed by atoms with E-state index in [1.165, 1.54) is 18.4 Å². The van der Waals surface area contributed by atoms with Crippen molar-refractivity contribution in [3.05, 3.63) is 35.4 Å². The first-order valence-corrected chi connectivity index (χ1v) is 8.27. The molecule has 0 N–H and O–H groups in total. The fraction of sp³-hybridized carbons (Fsp3) is 0.579. The van der Waals surface area contributed by atoms with Crippen molar-refractivity contribution >= 4 is 5.78 Å². The SMILES string of the molecule is CCCCCC(=O)C1CCC(c2ccc(C#N)cc2)CC1. The van der Waals surface area contributed by atoms with E-state index in [2.05, 4.69) is 25.1 Å². The molecule has 1 aliphatic carbocycles. The second-order valence-corrected chi connectivity index (χ2v) is 6.21. The van der Waals surface area contributed by atoms with Crippen molar-refractivity contribution in [1.29, 1.82) is 5.26 Å². The summed E-state index contributed by atoms with van der Waals surface area (Å²) < 4.78 is 0. The van der Waals surface area contributed by atoms with Crippen LogP contribution in [0, 0.1) is 17.2 Å². The lowest BCUT2D eigenvalue weighted by Crippen LogP contribution is -2.21. The molecule has 2 rings (SSSR count). The lowest BCUT2D eigenvalue weighted by Gasteiger charge is -2.28. The van der Waals surface area contributed by atoms with Crippen molar-refractivity contribution in [3.63, 3.8) is 0 Å². The van der Waals surface area contributed by atoms with E-state index in [0.29, 0.717) is 17.6 Å². The summed E-state index contributed by atoms with van der Waals surface area (Å²) >= 11 is 0. The van der Waals surface area contributed by atoms with Gasteiger partial charge in [0, 0.05) is 12.3 Å². The molecule has 0 aromatic heterocycles. The molecule has 0 unspecified atom stereocenters. The minimum atomic E-state index is 0.302. The largest absolute Gasteiger partial charge is 0.299 e. The van der Waals surface area contributed by atoms with E-state index in [0.717, 1.165) is 44.1 Å². The van der Waals surface area contributed by atoms with Crippen molar-refractivity contribution in [3.8, 4) is 6.07 Å². The zero-order valence-corrected chi connectivity index (χ0v) is 13.0. The lowest BCUT2D eigenvalue weighted by atomic mass is 9.76. The maximum Gasteiger partial charge on any atom is 0.135 e. The average Bonchev–Trinajstić information content (AvgIpc) is 2.55. The van der Waals surface area contributed by atoms with Crippen LogP contribution >= 0.6 is 0 Å². The molecular weight excluding hydrogens is 258 g/mol. The highest BCUT2D eigenvalue weighted by molar-refractivity contribution is 5.81. The van der Waals surface area contributed by atoms with Gasteiger partial charge in [-0.15, -0.1) is 0 Å². The van der Waals surface area contributed by atoms with Gasteiger partial charge in [0.25, 0.3) is 0 Å². The topological polar surface area (TPSA) is 40.9 Å². The Balaban J connectivity index is 1.82. The second kappa shape index (κ2) is 7.98. The fourth-order valence-corrected chi connectivity index (χ4v) is 3.33. The third kappa shape index (κ3) is 4.43. The number of hydrogen-bond donors (Lipinski definition) is 0. The van der Waals surface area contributed by atoms with Gasteiger partial charge in [-0.2, -0.15) is 5.26 Å². The number of benzene rings is 1. The first-order valence-electron chi connectivity index (χ1n) is 8.27. The number of carbonyl (C=O) groups excluding carboxylic acids is 1. The molecule has 0 radical (unpaired) electrons. The summed E-state index contributed by atoms with van der Waals surface area (Å²) in [5.41, 5.74) is 2.05. The molecule has 2 heteroatoms. The van der Waals surface area contributed by atoms with Gasteiger partial charge >= 0.3 is 0 Å². The lowest BCUT2D eigenvalue weighted by molar-refractivity contribution is -0.124. The predicted octanol–water partition coefficient (Wildman–Crippen LogP) is 4.98. The first kappa shape index (κ1) is 15.8. The van der Waals surface area contributed by atoms with Gasteiger partial charge in [0.05, 0.1) is 11.6 Å². The summed E-state index contributed by atoms with van der Waals surface area (Å²) in [6.07, 6.45) is 8.48. The van der Waals surface area contributed by atoms with E-state index in [-0.39, 0.29) is 0 Å². The molecule has 0 amide bonds. The molecule has 0 atom stereocenters. The van der Waals surface area contributed by atoms with E-state index >= 15 is 0 Å².